The van der Waals surface area contributed by atoms with E-state index in [2.05, 4.69) is 26.5 Å². The second-order valence-corrected chi connectivity index (χ2v) is 10.2. The van der Waals surface area contributed by atoms with Crippen LogP contribution in [0.15, 0.2) is 66.0 Å². The van der Waals surface area contributed by atoms with Crippen LogP contribution in [0.4, 0.5) is 9.59 Å². The van der Waals surface area contributed by atoms with Gasteiger partial charge < -0.3 is 20.1 Å². The van der Waals surface area contributed by atoms with Crippen LogP contribution in [0.1, 0.15) is 59.9 Å². The van der Waals surface area contributed by atoms with Crippen molar-refractivity contribution < 1.29 is 28.7 Å². The molecule has 0 aliphatic rings. The number of nitrogens with one attached hydrogen (secondary N) is 4. The first-order chi connectivity index (χ1) is 19.2. The quantitative estimate of drug-likeness (QED) is 0.254. The van der Waals surface area contributed by atoms with Gasteiger partial charge in [0.15, 0.2) is 0 Å². The van der Waals surface area contributed by atoms with Crippen molar-refractivity contribution in [1.82, 2.24) is 26.5 Å². The molecule has 0 spiro atoms. The Hall–Kier alpha value is -4.45. The highest BCUT2D eigenvalue weighted by Gasteiger charge is 2.23. The number of benzene rings is 2. The first-order valence-corrected chi connectivity index (χ1v) is 13.6. The maximum Gasteiger partial charge on any atom is 0.408 e. The van der Waals surface area contributed by atoms with Gasteiger partial charge in [-0.15, -0.1) is 11.3 Å². The summed E-state index contributed by atoms with van der Waals surface area (Å²) in [5.74, 6) is -1.07. The molecule has 0 fully saturated rings. The first-order valence-electron chi connectivity index (χ1n) is 12.7. The first kappa shape index (κ1) is 30.1. The summed E-state index contributed by atoms with van der Waals surface area (Å²) < 4.78 is 10.4. The summed E-state index contributed by atoms with van der Waals surface area (Å²) in [7, 11) is 0. The number of carbonyl (C=O) groups is 4. The molecule has 0 bridgehead atoms. The van der Waals surface area contributed by atoms with Crippen molar-refractivity contribution in [3.05, 3.63) is 87.9 Å². The number of nitrogens with zero attached hydrogens (tertiary/aromatic N) is 1. The Bertz CT molecular complexity index is 1270. The van der Waals surface area contributed by atoms with Crippen LogP contribution in [0.5, 0.6) is 0 Å². The molecule has 1 heterocycles. The highest BCUT2D eigenvalue weighted by Crippen LogP contribution is 2.25. The summed E-state index contributed by atoms with van der Waals surface area (Å²) >= 11 is 1.21. The zero-order valence-corrected chi connectivity index (χ0v) is 23.3. The van der Waals surface area contributed by atoms with E-state index in [0.29, 0.717) is 11.4 Å². The molecule has 1 unspecified atom stereocenters. The predicted molar refractivity (Wildman–Crippen MR) is 149 cm³/mol. The molecule has 2 atom stereocenters. The average Bonchev–Trinajstić information content (AvgIpc) is 3.45. The number of hydrogen-bond acceptors (Lipinski definition) is 8. The topological polar surface area (TPSA) is 148 Å². The van der Waals surface area contributed by atoms with Gasteiger partial charge in [-0.05, 0) is 30.4 Å². The van der Waals surface area contributed by atoms with Gasteiger partial charge in [0.25, 0.3) is 11.8 Å². The molecule has 3 aromatic rings. The van der Waals surface area contributed by atoms with E-state index in [0.717, 1.165) is 11.1 Å². The Kier molecular flexibility index (Phi) is 11.5. The number of aromatic nitrogens is 1. The molecule has 0 radical (unpaired) electrons. The predicted octanol–water partition coefficient (Wildman–Crippen LogP) is 4.23. The molecule has 0 aliphatic heterocycles. The molecular formula is C28H33N5O6S. The zero-order chi connectivity index (χ0) is 28.9. The number of rotatable bonds is 11. The largest absolute Gasteiger partial charge is 0.445 e. The molecule has 12 heteroatoms. The van der Waals surface area contributed by atoms with E-state index in [1.54, 1.807) is 0 Å². The van der Waals surface area contributed by atoms with Crippen molar-refractivity contribution in [1.29, 1.82) is 0 Å². The summed E-state index contributed by atoms with van der Waals surface area (Å²) in [6.45, 7) is 5.65. The highest BCUT2D eigenvalue weighted by molar-refractivity contribution is 7.09. The zero-order valence-electron chi connectivity index (χ0n) is 22.5. The maximum atomic E-state index is 12.6. The molecular weight excluding hydrogens is 534 g/mol. The fourth-order valence-electron chi connectivity index (χ4n) is 3.45. The van der Waals surface area contributed by atoms with Gasteiger partial charge >= 0.3 is 12.2 Å². The molecule has 0 saturated heterocycles. The van der Waals surface area contributed by atoms with E-state index in [4.69, 9.17) is 9.47 Å². The van der Waals surface area contributed by atoms with Crippen LogP contribution in [0.2, 0.25) is 0 Å². The van der Waals surface area contributed by atoms with E-state index >= 15 is 0 Å². The summed E-state index contributed by atoms with van der Waals surface area (Å²) in [4.78, 5) is 53.7. The van der Waals surface area contributed by atoms with Gasteiger partial charge in [0.2, 0.25) is 0 Å². The van der Waals surface area contributed by atoms with Crippen LogP contribution in [-0.2, 0) is 27.5 Å². The third-order valence-electron chi connectivity index (χ3n) is 5.50. The van der Waals surface area contributed by atoms with Gasteiger partial charge in [0.1, 0.15) is 30.0 Å². The molecule has 212 valence electrons. The van der Waals surface area contributed by atoms with Crippen LogP contribution >= 0.6 is 11.3 Å². The van der Waals surface area contributed by atoms with Crippen molar-refractivity contribution in [3.8, 4) is 0 Å². The van der Waals surface area contributed by atoms with Gasteiger partial charge in [-0.25, -0.2) is 14.6 Å². The Morgan fingerprint density at radius 2 is 1.35 bits per heavy atom. The van der Waals surface area contributed by atoms with Crippen LogP contribution < -0.4 is 21.5 Å². The van der Waals surface area contributed by atoms with E-state index in [-0.39, 0.29) is 24.8 Å². The smallest absolute Gasteiger partial charge is 0.408 e. The Balaban J connectivity index is 1.47. The van der Waals surface area contributed by atoms with Crippen molar-refractivity contribution >= 4 is 35.3 Å². The Morgan fingerprint density at radius 1 is 0.800 bits per heavy atom. The fraction of sp³-hybridized carbons (Fsp3) is 0.321. The van der Waals surface area contributed by atoms with Gasteiger partial charge in [-0.3, -0.25) is 20.4 Å². The maximum absolute atomic E-state index is 12.6. The molecule has 1 aromatic heterocycles. The minimum atomic E-state index is -0.976. The lowest BCUT2D eigenvalue weighted by Gasteiger charge is -2.18. The standard InChI is InChI=1S/C28H33N5O6S/c1-18(2)14-22(31-28(37)39-16-21-12-8-5-9-13-21)26-30-23(17-40-26)25(35)33-32-24(34)19(3)29-27(36)38-15-20-10-6-4-7-11-20/h4-13,17-19,22H,14-16H2,1-3H3,(H,29,36)(H,31,37)(H,32,34)(H,33,35)/t19-,22?/m0/s1. The van der Waals surface area contributed by atoms with Crippen LogP contribution in [0.3, 0.4) is 0 Å². The average molecular weight is 568 g/mol. The molecule has 0 saturated carbocycles. The van der Waals surface area contributed by atoms with Crippen LogP contribution in [0, 0.1) is 5.92 Å². The monoisotopic (exact) mass is 567 g/mol. The third kappa shape index (κ3) is 10.0. The van der Waals surface area contributed by atoms with Crippen LogP contribution in [0.25, 0.3) is 0 Å². The summed E-state index contributed by atoms with van der Waals surface area (Å²) in [5, 5.41) is 7.28. The Labute approximate surface area is 236 Å². The Morgan fingerprint density at radius 3 is 1.90 bits per heavy atom. The molecule has 11 nitrogen and oxygen atoms in total. The van der Waals surface area contributed by atoms with Crippen molar-refractivity contribution in [2.24, 2.45) is 5.92 Å². The van der Waals surface area contributed by atoms with Crippen LogP contribution in [-0.4, -0.2) is 35.0 Å². The highest BCUT2D eigenvalue weighted by atomic mass is 32.1. The van der Waals surface area contributed by atoms with Crippen molar-refractivity contribution in [2.75, 3.05) is 0 Å². The summed E-state index contributed by atoms with van der Waals surface area (Å²) in [6.07, 6.45) is -0.783. The number of ether oxygens (including phenoxy) is 2. The fourth-order valence-corrected chi connectivity index (χ4v) is 4.31. The number of hydrogen-bond donors (Lipinski definition) is 4. The SMILES string of the molecule is CC(C)CC(NC(=O)OCc1ccccc1)c1nc(C(=O)NNC(=O)[C@H](C)NC(=O)OCc2ccccc2)cs1. The van der Waals surface area contributed by atoms with Crippen molar-refractivity contribution in [3.63, 3.8) is 0 Å². The molecule has 4 N–H and O–H groups in total. The number of amides is 4. The molecule has 3 rings (SSSR count). The number of carbonyl (C=O) groups excluding carboxylic acids is 4. The van der Waals surface area contributed by atoms with E-state index in [1.165, 1.54) is 23.6 Å². The minimum Gasteiger partial charge on any atom is -0.445 e. The van der Waals surface area contributed by atoms with Gasteiger partial charge in [-0.2, -0.15) is 0 Å². The minimum absolute atomic E-state index is 0.0569. The van der Waals surface area contributed by atoms with E-state index in [9.17, 15) is 19.2 Å². The van der Waals surface area contributed by atoms with Gasteiger partial charge in [-0.1, -0.05) is 74.5 Å². The van der Waals surface area contributed by atoms with Gasteiger partial charge in [0, 0.05) is 5.38 Å². The third-order valence-corrected chi connectivity index (χ3v) is 6.46. The molecule has 4 amide bonds. The van der Waals surface area contributed by atoms with E-state index in [1.807, 2.05) is 74.5 Å². The molecule has 2 aromatic carbocycles. The number of alkyl carbamates (subject to hydrolysis) is 2. The van der Waals surface area contributed by atoms with Gasteiger partial charge in [0.05, 0.1) is 6.04 Å². The lowest BCUT2D eigenvalue weighted by atomic mass is 10.0. The van der Waals surface area contributed by atoms with Crippen molar-refractivity contribution in [2.45, 2.75) is 52.5 Å². The second kappa shape index (κ2) is 15.2. The molecule has 40 heavy (non-hydrogen) atoms. The lowest BCUT2D eigenvalue weighted by Crippen LogP contribution is -2.51. The molecule has 0 aliphatic carbocycles. The number of hydrazine groups is 1. The van der Waals surface area contributed by atoms with E-state index < -0.39 is 36.1 Å². The number of thiazole rings is 1. The summed E-state index contributed by atoms with van der Waals surface area (Å²) in [5.41, 5.74) is 6.28. The second-order valence-electron chi connectivity index (χ2n) is 9.33. The summed E-state index contributed by atoms with van der Waals surface area (Å²) in [6, 6.07) is 17.0. The lowest BCUT2D eigenvalue weighted by molar-refractivity contribution is -0.123. The normalized spacial score (nSPS) is 12.1.